The number of nitrogens with one attached hydrogen (secondary N) is 1. The smallest absolute Gasteiger partial charge is 0.229 e. The Hall–Kier alpha value is -2.85. The number of rotatable bonds is 6. The second-order valence-electron chi connectivity index (χ2n) is 7.03. The highest BCUT2D eigenvalue weighted by atomic mass is 15.2. The van der Waals surface area contributed by atoms with E-state index in [1.807, 2.05) is 6.07 Å². The third-order valence-corrected chi connectivity index (χ3v) is 4.76. The van der Waals surface area contributed by atoms with Crippen LogP contribution in [0.1, 0.15) is 43.9 Å². The maximum atomic E-state index is 9.18. The van der Waals surface area contributed by atoms with Crippen molar-refractivity contribution in [1.82, 2.24) is 9.97 Å². The lowest BCUT2D eigenvalue weighted by Gasteiger charge is -2.32. The zero-order valence-electron chi connectivity index (χ0n) is 15.8. The molecule has 0 radical (unpaired) electrons. The van der Waals surface area contributed by atoms with E-state index < -0.39 is 0 Å². The normalized spacial score (nSPS) is 16.8. The molecule has 0 bridgehead atoms. The Bertz CT molecular complexity index is 828. The van der Waals surface area contributed by atoms with Crippen LogP contribution >= 0.6 is 0 Å². The van der Waals surface area contributed by atoms with Gasteiger partial charge in [0.15, 0.2) is 0 Å². The minimum atomic E-state index is 0.180. The average Bonchev–Trinajstić information content (AvgIpc) is 2.67. The van der Waals surface area contributed by atoms with Crippen molar-refractivity contribution in [2.24, 2.45) is 5.73 Å². The maximum absolute atomic E-state index is 9.18. The highest BCUT2D eigenvalue weighted by Gasteiger charge is 2.19. The number of nitriles is 1. The number of nitrogen functional groups attached to an aromatic ring is 1. The van der Waals surface area contributed by atoms with E-state index in [1.165, 1.54) is 0 Å². The van der Waals surface area contributed by atoms with Crippen LogP contribution in [0.5, 0.6) is 0 Å². The summed E-state index contributed by atoms with van der Waals surface area (Å²) in [4.78, 5) is 11.6. The number of piperidine rings is 1. The van der Waals surface area contributed by atoms with Gasteiger partial charge in [-0.25, -0.2) is 4.98 Å². The van der Waals surface area contributed by atoms with Crippen LogP contribution in [-0.4, -0.2) is 29.1 Å². The molecule has 1 aliphatic heterocycles. The van der Waals surface area contributed by atoms with Gasteiger partial charge in [-0.3, -0.25) is 0 Å². The molecule has 0 saturated carbocycles. The first-order valence-corrected chi connectivity index (χ1v) is 9.54. The number of benzene rings is 1. The molecule has 1 saturated heterocycles. The molecule has 7 nitrogen and oxygen atoms in total. The summed E-state index contributed by atoms with van der Waals surface area (Å²) in [6, 6.07) is 9.61. The summed E-state index contributed by atoms with van der Waals surface area (Å²) in [5.74, 6) is 1.44. The molecule has 1 atom stereocenters. The fourth-order valence-electron chi connectivity index (χ4n) is 3.26. The zero-order valence-corrected chi connectivity index (χ0v) is 15.8. The summed E-state index contributed by atoms with van der Waals surface area (Å²) in [5.41, 5.74) is 14.6. The van der Waals surface area contributed by atoms with Crippen molar-refractivity contribution in [3.05, 3.63) is 35.5 Å². The fourth-order valence-corrected chi connectivity index (χ4v) is 3.26. The van der Waals surface area contributed by atoms with Crippen molar-refractivity contribution in [3.8, 4) is 6.07 Å². The van der Waals surface area contributed by atoms with Gasteiger partial charge in [0.25, 0.3) is 0 Å². The fraction of sp³-hybridized carbons (Fsp3) is 0.450. The summed E-state index contributed by atoms with van der Waals surface area (Å²) in [6.07, 6.45) is 5.22. The molecule has 142 valence electrons. The van der Waals surface area contributed by atoms with Crippen molar-refractivity contribution in [2.75, 3.05) is 29.0 Å². The topological polar surface area (TPSA) is 117 Å². The van der Waals surface area contributed by atoms with E-state index in [0.29, 0.717) is 17.2 Å². The molecule has 0 aliphatic carbocycles. The molecule has 1 aromatic carbocycles. The first-order chi connectivity index (χ1) is 13.1. The summed E-state index contributed by atoms with van der Waals surface area (Å²) in [5, 5.41) is 12.4. The lowest BCUT2D eigenvalue weighted by atomic mass is 10.1. The molecule has 3 rings (SSSR count). The Balaban J connectivity index is 1.89. The number of nitrogens with zero attached hydrogens (tertiary/aromatic N) is 4. The average molecular weight is 365 g/mol. The van der Waals surface area contributed by atoms with E-state index >= 15 is 0 Å². The van der Waals surface area contributed by atoms with Crippen LogP contribution in [0, 0.1) is 11.3 Å². The van der Waals surface area contributed by atoms with Crippen molar-refractivity contribution in [1.29, 1.82) is 5.26 Å². The molecule has 0 spiro atoms. The molecule has 1 fully saturated rings. The van der Waals surface area contributed by atoms with E-state index in [2.05, 4.69) is 34.3 Å². The Morgan fingerprint density at radius 3 is 2.93 bits per heavy atom. The molecule has 0 amide bonds. The van der Waals surface area contributed by atoms with Gasteiger partial charge in [0, 0.05) is 42.3 Å². The Labute approximate surface area is 160 Å². The Kier molecular flexibility index (Phi) is 6.09. The van der Waals surface area contributed by atoms with E-state index in [4.69, 9.17) is 16.5 Å². The number of nitrogens with two attached hydrogens (primary N) is 2. The lowest BCUT2D eigenvalue weighted by Crippen LogP contribution is -2.43. The van der Waals surface area contributed by atoms with Gasteiger partial charge in [-0.15, -0.1) is 0 Å². The Morgan fingerprint density at radius 2 is 2.19 bits per heavy atom. The van der Waals surface area contributed by atoms with E-state index in [0.717, 1.165) is 62.4 Å². The second-order valence-corrected chi connectivity index (χ2v) is 7.03. The number of anilines is 4. The molecule has 2 heterocycles. The van der Waals surface area contributed by atoms with Gasteiger partial charge in [-0.05, 0) is 43.9 Å². The molecule has 2 aromatic rings. The number of hydrogen-bond acceptors (Lipinski definition) is 7. The van der Waals surface area contributed by atoms with Crippen LogP contribution in [0.3, 0.4) is 0 Å². The van der Waals surface area contributed by atoms with Crippen LogP contribution < -0.4 is 21.7 Å². The van der Waals surface area contributed by atoms with Crippen molar-refractivity contribution >= 4 is 23.1 Å². The van der Waals surface area contributed by atoms with Crippen molar-refractivity contribution in [2.45, 2.75) is 45.1 Å². The van der Waals surface area contributed by atoms with Gasteiger partial charge in [0.05, 0.1) is 5.56 Å². The second kappa shape index (κ2) is 8.69. The summed E-state index contributed by atoms with van der Waals surface area (Å²) in [7, 11) is 0. The van der Waals surface area contributed by atoms with E-state index in [-0.39, 0.29) is 6.04 Å². The van der Waals surface area contributed by atoms with Gasteiger partial charge in [-0.1, -0.05) is 13.3 Å². The van der Waals surface area contributed by atoms with E-state index in [9.17, 15) is 5.26 Å². The van der Waals surface area contributed by atoms with Gasteiger partial charge >= 0.3 is 0 Å². The first-order valence-electron chi connectivity index (χ1n) is 9.54. The largest absolute Gasteiger partial charge is 0.398 e. The van der Waals surface area contributed by atoms with Crippen LogP contribution in [-0.2, 0) is 6.42 Å². The zero-order chi connectivity index (χ0) is 19.2. The molecule has 1 aliphatic rings. The quantitative estimate of drug-likeness (QED) is 0.674. The third-order valence-electron chi connectivity index (χ3n) is 4.76. The number of aromatic nitrogens is 2. The molecular weight excluding hydrogens is 338 g/mol. The molecule has 7 heteroatoms. The standard InChI is InChI=1S/C20H27N7/c1-2-3-6-16-11-19(27-9-4-5-15(22)13-27)26-20(24-16)25-17-7-8-18(23)14(10-17)12-21/h7-8,10-11,15H,2-6,9,13,22-23H2,1H3,(H,24,25,26)/t15-/m1/s1. The monoisotopic (exact) mass is 365 g/mol. The Morgan fingerprint density at radius 1 is 1.33 bits per heavy atom. The molecular formula is C20H27N7. The van der Waals surface area contributed by atoms with Gasteiger partial charge in [0.1, 0.15) is 11.9 Å². The van der Waals surface area contributed by atoms with Crippen LogP contribution in [0.4, 0.5) is 23.1 Å². The highest BCUT2D eigenvalue weighted by molar-refractivity contribution is 5.65. The minimum Gasteiger partial charge on any atom is -0.398 e. The van der Waals surface area contributed by atoms with Crippen LogP contribution in [0.25, 0.3) is 0 Å². The molecule has 0 unspecified atom stereocenters. The van der Waals surface area contributed by atoms with Crippen LogP contribution in [0.2, 0.25) is 0 Å². The lowest BCUT2D eigenvalue weighted by molar-refractivity contribution is 0.503. The maximum Gasteiger partial charge on any atom is 0.229 e. The third kappa shape index (κ3) is 4.86. The van der Waals surface area contributed by atoms with Crippen molar-refractivity contribution in [3.63, 3.8) is 0 Å². The van der Waals surface area contributed by atoms with Crippen LogP contribution in [0.15, 0.2) is 24.3 Å². The number of aryl methyl sites for hydroxylation is 1. The minimum absolute atomic E-state index is 0.180. The van der Waals surface area contributed by atoms with E-state index in [1.54, 1.807) is 12.1 Å². The number of unbranched alkanes of at least 4 members (excludes halogenated alkanes) is 1. The van der Waals surface area contributed by atoms with Gasteiger partial charge < -0.3 is 21.7 Å². The summed E-state index contributed by atoms with van der Waals surface area (Å²) >= 11 is 0. The van der Waals surface area contributed by atoms with Gasteiger partial charge in [-0.2, -0.15) is 10.2 Å². The molecule has 27 heavy (non-hydrogen) atoms. The SMILES string of the molecule is CCCCc1cc(N2CCC[C@@H](N)C2)nc(Nc2ccc(N)c(C#N)c2)n1. The predicted octanol–water partition coefficient (Wildman–Crippen LogP) is 2.94. The first kappa shape index (κ1) is 18.9. The summed E-state index contributed by atoms with van der Waals surface area (Å²) < 4.78 is 0. The summed E-state index contributed by atoms with van der Waals surface area (Å²) in [6.45, 7) is 3.94. The van der Waals surface area contributed by atoms with Gasteiger partial charge in [0.2, 0.25) is 5.95 Å². The predicted molar refractivity (Wildman–Crippen MR) is 109 cm³/mol. The highest BCUT2D eigenvalue weighted by Crippen LogP contribution is 2.24. The van der Waals surface area contributed by atoms with Crippen molar-refractivity contribution < 1.29 is 0 Å². The number of hydrogen-bond donors (Lipinski definition) is 3. The molecule has 1 aromatic heterocycles. The molecule has 5 N–H and O–H groups in total.